The normalized spacial score (nSPS) is 21.6. The monoisotopic (exact) mass is 263 g/mol. The molecule has 1 aliphatic heterocycles. The van der Waals surface area contributed by atoms with Crippen LogP contribution in [-0.2, 0) is 4.79 Å². The maximum atomic E-state index is 14.6. The van der Waals surface area contributed by atoms with Crippen molar-refractivity contribution < 1.29 is 9.18 Å². The molecule has 0 amide bonds. The van der Waals surface area contributed by atoms with Gasteiger partial charge in [-0.15, -0.1) is 0 Å². The van der Waals surface area contributed by atoms with Gasteiger partial charge in [-0.2, -0.15) is 0 Å². The lowest BCUT2D eigenvalue weighted by Crippen LogP contribution is -2.44. The van der Waals surface area contributed by atoms with Crippen LogP contribution in [0.2, 0.25) is 0 Å². The van der Waals surface area contributed by atoms with Crippen LogP contribution >= 0.6 is 0 Å². The van der Waals surface area contributed by atoms with Gasteiger partial charge in [0.15, 0.2) is 12.0 Å². The molecule has 19 heavy (non-hydrogen) atoms. The Morgan fingerprint density at radius 1 is 1.21 bits per heavy atom. The molecule has 0 aromatic heterocycles. The van der Waals surface area contributed by atoms with Crippen molar-refractivity contribution in [1.29, 1.82) is 0 Å². The van der Waals surface area contributed by atoms with Crippen LogP contribution in [0.4, 0.5) is 4.39 Å². The van der Waals surface area contributed by atoms with Crippen molar-refractivity contribution in [2.45, 2.75) is 44.8 Å². The molecule has 2 rings (SSSR count). The Morgan fingerprint density at radius 3 is 2.32 bits per heavy atom. The number of carbonyl (C=O) groups is 1. The number of carbonyl (C=O) groups excluding carboxylic acids is 1. The molecule has 3 heteroatoms. The first-order chi connectivity index (χ1) is 9.04. The van der Waals surface area contributed by atoms with E-state index >= 15 is 0 Å². The maximum absolute atomic E-state index is 14.6. The Morgan fingerprint density at radius 2 is 1.79 bits per heavy atom. The minimum atomic E-state index is -1.84. The number of rotatable bonds is 4. The van der Waals surface area contributed by atoms with Crippen molar-refractivity contribution in [3.05, 3.63) is 35.4 Å². The van der Waals surface area contributed by atoms with E-state index in [1.165, 1.54) is 13.3 Å². The van der Waals surface area contributed by atoms with Gasteiger partial charge in [0.1, 0.15) is 0 Å². The summed E-state index contributed by atoms with van der Waals surface area (Å²) in [5.41, 5.74) is 0.199. The lowest BCUT2D eigenvalue weighted by atomic mass is 9.89. The summed E-state index contributed by atoms with van der Waals surface area (Å²) in [6.07, 6.45) is 3.81. The van der Waals surface area contributed by atoms with Crippen molar-refractivity contribution >= 4 is 6.29 Å². The topological polar surface area (TPSA) is 20.3 Å². The van der Waals surface area contributed by atoms with Crippen LogP contribution < -0.4 is 0 Å². The Bertz CT molecular complexity index is 421. The predicted octanol–water partition coefficient (Wildman–Crippen LogP) is 3.45. The number of hydrogen-bond donors (Lipinski definition) is 0. The molecule has 2 unspecified atom stereocenters. The number of alkyl halides is 1. The molecule has 0 saturated carbocycles. The highest BCUT2D eigenvalue weighted by atomic mass is 19.1. The lowest BCUT2D eigenvalue weighted by Gasteiger charge is -2.39. The number of piperidine rings is 1. The number of likely N-dealkylation sites (tertiary alicyclic amines) is 1. The van der Waals surface area contributed by atoms with Crippen molar-refractivity contribution in [3.63, 3.8) is 0 Å². The summed E-state index contributed by atoms with van der Waals surface area (Å²) < 4.78 is 14.6. The van der Waals surface area contributed by atoms with Crippen molar-refractivity contribution in [3.8, 4) is 0 Å². The molecule has 1 fully saturated rings. The van der Waals surface area contributed by atoms with Gasteiger partial charge in [-0.25, -0.2) is 4.39 Å². The molecule has 1 aliphatic rings. The zero-order chi connectivity index (χ0) is 13.9. The lowest BCUT2D eigenvalue weighted by molar-refractivity contribution is -0.122. The van der Waals surface area contributed by atoms with Crippen LogP contribution in [0.5, 0.6) is 0 Å². The van der Waals surface area contributed by atoms with Crippen molar-refractivity contribution in [1.82, 2.24) is 4.90 Å². The van der Waals surface area contributed by atoms with Crippen molar-refractivity contribution in [2.24, 2.45) is 0 Å². The van der Waals surface area contributed by atoms with Crippen LogP contribution in [-0.4, -0.2) is 29.9 Å². The molecule has 0 aliphatic carbocycles. The fourth-order valence-electron chi connectivity index (χ4n) is 2.88. The van der Waals surface area contributed by atoms with E-state index in [-0.39, 0.29) is 0 Å². The number of halogens is 1. The third-order valence-corrected chi connectivity index (χ3v) is 3.91. The van der Waals surface area contributed by atoms with Gasteiger partial charge in [0, 0.05) is 0 Å². The second-order valence-electron chi connectivity index (χ2n) is 5.68. The quantitative estimate of drug-likeness (QED) is 0.775. The highest BCUT2D eigenvalue weighted by Crippen LogP contribution is 2.35. The van der Waals surface area contributed by atoms with Gasteiger partial charge in [0.2, 0.25) is 0 Å². The van der Waals surface area contributed by atoms with Gasteiger partial charge in [-0.3, -0.25) is 9.69 Å². The molecule has 0 N–H and O–H groups in total. The van der Waals surface area contributed by atoms with Crippen LogP contribution in [0, 0.1) is 6.92 Å². The minimum Gasteiger partial charge on any atom is -0.300 e. The molecule has 1 saturated heterocycles. The highest BCUT2D eigenvalue weighted by molar-refractivity contribution is 5.64. The third-order valence-electron chi connectivity index (χ3n) is 3.91. The molecule has 0 bridgehead atoms. The summed E-state index contributed by atoms with van der Waals surface area (Å²) in [5.74, 6) is 0. The van der Waals surface area contributed by atoms with Crippen LogP contribution in [0.3, 0.4) is 0 Å². The highest BCUT2D eigenvalue weighted by Gasteiger charge is 2.39. The molecule has 2 atom stereocenters. The zero-order valence-electron chi connectivity index (χ0n) is 11.7. The van der Waals surface area contributed by atoms with Crippen molar-refractivity contribution in [2.75, 3.05) is 13.1 Å². The average Bonchev–Trinajstić information content (AvgIpc) is 2.42. The molecule has 2 nitrogen and oxygen atoms in total. The summed E-state index contributed by atoms with van der Waals surface area (Å²) in [7, 11) is 0. The summed E-state index contributed by atoms with van der Waals surface area (Å²) in [5, 5.41) is 0. The molecule has 0 radical (unpaired) electrons. The molecule has 1 aromatic rings. The van der Waals surface area contributed by atoms with Gasteiger partial charge in [0.25, 0.3) is 0 Å². The smallest absolute Gasteiger partial charge is 0.182 e. The van der Waals surface area contributed by atoms with Gasteiger partial charge >= 0.3 is 0 Å². The summed E-state index contributed by atoms with van der Waals surface area (Å²) in [6, 6.07) is 7.37. The van der Waals surface area contributed by atoms with Crippen LogP contribution in [0.25, 0.3) is 0 Å². The molecule has 1 aromatic carbocycles. The summed E-state index contributed by atoms with van der Waals surface area (Å²) >= 11 is 0. The van der Waals surface area contributed by atoms with E-state index in [2.05, 4.69) is 4.90 Å². The number of benzene rings is 1. The SMILES string of the molecule is Cc1ccc(C(N2CCCCC2)C(C)(F)C=O)cc1. The number of hydrogen-bond acceptors (Lipinski definition) is 2. The maximum Gasteiger partial charge on any atom is 0.182 e. The second kappa shape index (κ2) is 5.83. The van der Waals surface area contributed by atoms with Crippen LogP contribution in [0.1, 0.15) is 43.4 Å². The Hall–Kier alpha value is -1.22. The Balaban J connectivity index is 2.33. The first-order valence-corrected chi connectivity index (χ1v) is 7.00. The predicted molar refractivity (Wildman–Crippen MR) is 74.9 cm³/mol. The van der Waals surface area contributed by atoms with Gasteiger partial charge < -0.3 is 0 Å². The van der Waals surface area contributed by atoms with E-state index in [0.717, 1.165) is 37.1 Å². The van der Waals surface area contributed by atoms with E-state index in [1.807, 2.05) is 31.2 Å². The number of aryl methyl sites for hydroxylation is 1. The third kappa shape index (κ3) is 3.21. The minimum absolute atomic E-state index is 0.451. The Kier molecular flexibility index (Phi) is 4.35. The zero-order valence-corrected chi connectivity index (χ0v) is 11.7. The number of nitrogens with zero attached hydrogens (tertiary/aromatic N) is 1. The molecular weight excluding hydrogens is 241 g/mol. The van der Waals surface area contributed by atoms with Gasteiger partial charge in [-0.1, -0.05) is 36.2 Å². The van der Waals surface area contributed by atoms with Gasteiger partial charge in [0.05, 0.1) is 6.04 Å². The second-order valence-corrected chi connectivity index (χ2v) is 5.68. The molecule has 0 spiro atoms. The van der Waals surface area contributed by atoms with Gasteiger partial charge in [-0.05, 0) is 45.3 Å². The fraction of sp³-hybridized carbons (Fsp3) is 0.562. The standard InChI is InChI=1S/C16H22FNO/c1-13-6-8-14(9-7-13)15(16(2,17)12-19)18-10-4-3-5-11-18/h6-9,12,15H,3-5,10-11H2,1-2H3. The van der Waals surface area contributed by atoms with E-state index in [0.29, 0.717) is 6.29 Å². The average molecular weight is 263 g/mol. The summed E-state index contributed by atoms with van der Waals surface area (Å²) in [6.45, 7) is 5.13. The van der Waals surface area contributed by atoms with E-state index in [4.69, 9.17) is 0 Å². The van der Waals surface area contributed by atoms with E-state index in [9.17, 15) is 9.18 Å². The molecule has 1 heterocycles. The fourth-order valence-corrected chi connectivity index (χ4v) is 2.88. The van der Waals surface area contributed by atoms with E-state index < -0.39 is 11.7 Å². The Labute approximate surface area is 114 Å². The first kappa shape index (κ1) is 14.2. The molecule has 104 valence electrons. The first-order valence-electron chi connectivity index (χ1n) is 7.00. The number of aldehydes is 1. The van der Waals surface area contributed by atoms with Crippen LogP contribution in [0.15, 0.2) is 24.3 Å². The largest absolute Gasteiger partial charge is 0.300 e. The molecular formula is C16H22FNO. The van der Waals surface area contributed by atoms with E-state index in [1.54, 1.807) is 0 Å². The summed E-state index contributed by atoms with van der Waals surface area (Å²) in [4.78, 5) is 13.3.